The molecule has 0 aromatic heterocycles. The van der Waals surface area contributed by atoms with E-state index in [2.05, 4.69) is 37.9 Å². The fraction of sp³-hybridized carbons (Fsp3) is 1.00. The van der Waals surface area contributed by atoms with E-state index in [-0.39, 0.29) is 6.61 Å². The molecule has 15 heavy (non-hydrogen) atoms. The van der Waals surface area contributed by atoms with Crippen molar-refractivity contribution in [1.29, 1.82) is 0 Å². The van der Waals surface area contributed by atoms with Crippen molar-refractivity contribution >= 4 is 0 Å². The lowest BCUT2D eigenvalue weighted by molar-refractivity contribution is 0.250. The van der Waals surface area contributed by atoms with Gasteiger partial charge in [-0.1, -0.05) is 6.92 Å². The number of rotatable bonds is 5. The van der Waals surface area contributed by atoms with Crippen molar-refractivity contribution in [2.24, 2.45) is 5.92 Å². The van der Waals surface area contributed by atoms with E-state index in [4.69, 9.17) is 5.11 Å². The third-order valence-electron chi connectivity index (χ3n) is 3.43. The molecule has 0 aromatic carbocycles. The molecule has 0 spiro atoms. The van der Waals surface area contributed by atoms with Gasteiger partial charge in [0.1, 0.15) is 0 Å². The van der Waals surface area contributed by atoms with Gasteiger partial charge in [-0.15, -0.1) is 0 Å². The second kappa shape index (κ2) is 5.83. The number of nitrogens with zero attached hydrogens (tertiary/aromatic N) is 1. The fourth-order valence-corrected chi connectivity index (χ4v) is 2.29. The molecule has 3 atom stereocenters. The molecule has 0 radical (unpaired) electrons. The molecule has 1 aliphatic heterocycles. The summed E-state index contributed by atoms with van der Waals surface area (Å²) in [6.45, 7) is 11.6. The molecule has 90 valence electrons. The SMILES string of the molecule is CC(CCO)NC1CN(C(C)C)CC1C. The van der Waals surface area contributed by atoms with Crippen LogP contribution in [0.5, 0.6) is 0 Å². The first-order chi connectivity index (χ1) is 7.04. The Hall–Kier alpha value is -0.120. The summed E-state index contributed by atoms with van der Waals surface area (Å²) < 4.78 is 0. The fourth-order valence-electron chi connectivity index (χ4n) is 2.29. The molecule has 0 saturated carbocycles. The average Bonchev–Trinajstić information content (AvgIpc) is 2.48. The summed E-state index contributed by atoms with van der Waals surface area (Å²) in [5, 5.41) is 12.5. The lowest BCUT2D eigenvalue weighted by Crippen LogP contribution is -2.42. The summed E-state index contributed by atoms with van der Waals surface area (Å²) in [7, 11) is 0. The predicted molar refractivity (Wildman–Crippen MR) is 64.0 cm³/mol. The predicted octanol–water partition coefficient (Wildman–Crippen LogP) is 1.08. The van der Waals surface area contributed by atoms with Gasteiger partial charge in [-0.2, -0.15) is 0 Å². The number of hydrogen-bond donors (Lipinski definition) is 2. The molecule has 3 heteroatoms. The van der Waals surface area contributed by atoms with Crippen molar-refractivity contribution in [3.05, 3.63) is 0 Å². The van der Waals surface area contributed by atoms with E-state index in [0.29, 0.717) is 24.0 Å². The molecule has 0 aliphatic carbocycles. The van der Waals surface area contributed by atoms with Gasteiger partial charge in [0.05, 0.1) is 0 Å². The third kappa shape index (κ3) is 3.74. The van der Waals surface area contributed by atoms with Crippen LogP contribution < -0.4 is 5.32 Å². The Balaban J connectivity index is 2.36. The topological polar surface area (TPSA) is 35.5 Å². The molecule has 2 N–H and O–H groups in total. The Morgan fingerprint density at radius 3 is 2.47 bits per heavy atom. The molecule has 0 amide bonds. The number of likely N-dealkylation sites (tertiary alicyclic amines) is 1. The highest BCUT2D eigenvalue weighted by Crippen LogP contribution is 2.19. The van der Waals surface area contributed by atoms with Gasteiger partial charge in [-0.25, -0.2) is 0 Å². The summed E-state index contributed by atoms with van der Waals surface area (Å²) in [4.78, 5) is 2.52. The maximum absolute atomic E-state index is 8.87. The molecule has 1 fully saturated rings. The smallest absolute Gasteiger partial charge is 0.0445 e. The van der Waals surface area contributed by atoms with Gasteiger partial charge in [0.15, 0.2) is 0 Å². The van der Waals surface area contributed by atoms with E-state index in [1.165, 1.54) is 6.54 Å². The van der Waals surface area contributed by atoms with Gasteiger partial charge in [-0.05, 0) is 33.1 Å². The molecule has 1 saturated heterocycles. The van der Waals surface area contributed by atoms with E-state index < -0.39 is 0 Å². The minimum absolute atomic E-state index is 0.281. The molecule has 3 unspecified atom stereocenters. The highest BCUT2D eigenvalue weighted by molar-refractivity contribution is 4.89. The van der Waals surface area contributed by atoms with Gasteiger partial charge >= 0.3 is 0 Å². The van der Waals surface area contributed by atoms with E-state index in [1.54, 1.807) is 0 Å². The Kier molecular flexibility index (Phi) is 5.03. The van der Waals surface area contributed by atoms with Crippen LogP contribution in [0.3, 0.4) is 0 Å². The summed E-state index contributed by atoms with van der Waals surface area (Å²) >= 11 is 0. The van der Waals surface area contributed by atoms with Crippen LogP contribution in [0.2, 0.25) is 0 Å². The maximum Gasteiger partial charge on any atom is 0.0445 e. The Labute approximate surface area is 93.9 Å². The van der Waals surface area contributed by atoms with Gasteiger partial charge < -0.3 is 10.4 Å². The molecule has 1 aliphatic rings. The van der Waals surface area contributed by atoms with Crippen LogP contribution in [0, 0.1) is 5.92 Å². The minimum Gasteiger partial charge on any atom is -0.396 e. The van der Waals surface area contributed by atoms with E-state index in [9.17, 15) is 0 Å². The van der Waals surface area contributed by atoms with E-state index >= 15 is 0 Å². The Morgan fingerprint density at radius 1 is 1.33 bits per heavy atom. The minimum atomic E-state index is 0.281. The quantitative estimate of drug-likeness (QED) is 0.719. The molecular formula is C12H26N2O. The summed E-state index contributed by atoms with van der Waals surface area (Å²) in [6.07, 6.45) is 0.852. The zero-order valence-corrected chi connectivity index (χ0v) is 10.5. The van der Waals surface area contributed by atoms with Gasteiger partial charge in [0.25, 0.3) is 0 Å². The lowest BCUT2D eigenvalue weighted by Gasteiger charge is -2.23. The molecule has 3 nitrogen and oxygen atoms in total. The summed E-state index contributed by atoms with van der Waals surface area (Å²) in [5.74, 6) is 0.716. The van der Waals surface area contributed by atoms with Crippen LogP contribution in [-0.4, -0.2) is 47.8 Å². The van der Waals surface area contributed by atoms with Gasteiger partial charge in [-0.3, -0.25) is 4.90 Å². The van der Waals surface area contributed by atoms with Crippen molar-refractivity contribution in [3.63, 3.8) is 0 Å². The zero-order chi connectivity index (χ0) is 11.4. The monoisotopic (exact) mass is 214 g/mol. The largest absolute Gasteiger partial charge is 0.396 e. The highest BCUT2D eigenvalue weighted by atomic mass is 16.3. The second-order valence-corrected chi connectivity index (χ2v) is 5.21. The maximum atomic E-state index is 8.87. The average molecular weight is 214 g/mol. The van der Waals surface area contributed by atoms with Crippen LogP contribution >= 0.6 is 0 Å². The number of aliphatic hydroxyl groups is 1. The molecule has 0 bridgehead atoms. The van der Waals surface area contributed by atoms with Crippen LogP contribution in [0.1, 0.15) is 34.1 Å². The molecule has 1 rings (SSSR count). The van der Waals surface area contributed by atoms with Gasteiger partial charge in [0.2, 0.25) is 0 Å². The molecule has 1 heterocycles. The van der Waals surface area contributed by atoms with Gasteiger partial charge in [0, 0.05) is 37.8 Å². The number of nitrogens with one attached hydrogen (secondary N) is 1. The third-order valence-corrected chi connectivity index (χ3v) is 3.43. The first kappa shape index (κ1) is 12.9. The number of hydrogen-bond acceptors (Lipinski definition) is 3. The van der Waals surface area contributed by atoms with E-state index in [0.717, 1.165) is 13.0 Å². The zero-order valence-electron chi connectivity index (χ0n) is 10.5. The number of aliphatic hydroxyl groups excluding tert-OH is 1. The normalized spacial score (nSPS) is 30.0. The van der Waals surface area contributed by atoms with Crippen molar-refractivity contribution in [2.45, 2.75) is 52.2 Å². The van der Waals surface area contributed by atoms with Crippen molar-refractivity contribution in [3.8, 4) is 0 Å². The lowest BCUT2D eigenvalue weighted by atomic mass is 10.1. The molecular weight excluding hydrogens is 188 g/mol. The standard InChI is InChI=1S/C12H26N2O/c1-9(2)14-7-10(3)12(8-14)13-11(4)5-6-15/h9-13,15H,5-8H2,1-4H3. The van der Waals surface area contributed by atoms with E-state index in [1.807, 2.05) is 0 Å². The second-order valence-electron chi connectivity index (χ2n) is 5.21. The van der Waals surface area contributed by atoms with Crippen molar-refractivity contribution in [1.82, 2.24) is 10.2 Å². The Morgan fingerprint density at radius 2 is 2.00 bits per heavy atom. The van der Waals surface area contributed by atoms with Crippen LogP contribution in [0.4, 0.5) is 0 Å². The van der Waals surface area contributed by atoms with Crippen LogP contribution in [0.15, 0.2) is 0 Å². The summed E-state index contributed by atoms with van der Waals surface area (Å²) in [5.41, 5.74) is 0. The van der Waals surface area contributed by atoms with Crippen LogP contribution in [0.25, 0.3) is 0 Å². The highest BCUT2D eigenvalue weighted by Gasteiger charge is 2.31. The summed E-state index contributed by atoms with van der Waals surface area (Å²) in [6, 6.07) is 1.66. The van der Waals surface area contributed by atoms with Crippen LogP contribution in [-0.2, 0) is 0 Å². The first-order valence-corrected chi connectivity index (χ1v) is 6.15. The van der Waals surface area contributed by atoms with Crippen molar-refractivity contribution < 1.29 is 5.11 Å². The first-order valence-electron chi connectivity index (χ1n) is 6.15. The molecule has 0 aromatic rings. The van der Waals surface area contributed by atoms with Crippen molar-refractivity contribution in [2.75, 3.05) is 19.7 Å². The Bertz CT molecular complexity index is 184.